The van der Waals surface area contributed by atoms with E-state index >= 15 is 0 Å². The van der Waals surface area contributed by atoms with E-state index < -0.39 is 5.91 Å². The van der Waals surface area contributed by atoms with Gasteiger partial charge in [-0.3, -0.25) is 4.79 Å². The third-order valence-electron chi connectivity index (χ3n) is 4.77. The molecule has 1 saturated heterocycles. The number of nitrogens with zero attached hydrogens (tertiary/aromatic N) is 1. The lowest BCUT2D eigenvalue weighted by Gasteiger charge is -2.34. The van der Waals surface area contributed by atoms with Gasteiger partial charge >= 0.3 is 0 Å². The first-order valence-corrected chi connectivity index (χ1v) is 6.84. The number of primary amides is 1. The van der Waals surface area contributed by atoms with Crippen LogP contribution in [0.2, 0.25) is 0 Å². The van der Waals surface area contributed by atoms with Gasteiger partial charge in [0.1, 0.15) is 11.9 Å². The summed E-state index contributed by atoms with van der Waals surface area (Å²) in [6.45, 7) is 2.26. The van der Waals surface area contributed by atoms with Crippen molar-refractivity contribution in [2.24, 2.45) is 11.7 Å². The number of rotatable bonds is 3. The van der Waals surface area contributed by atoms with Crippen molar-refractivity contribution < 1.29 is 9.53 Å². The Morgan fingerprint density at radius 3 is 2.84 bits per heavy atom. The molecule has 1 aliphatic heterocycles. The van der Waals surface area contributed by atoms with Crippen LogP contribution in [0.1, 0.15) is 30.1 Å². The molecule has 1 aliphatic carbocycles. The Bertz CT molecular complexity index is 501. The summed E-state index contributed by atoms with van der Waals surface area (Å²) < 4.78 is 6.08. The quantitative estimate of drug-likeness (QED) is 0.899. The molecule has 4 nitrogen and oxygen atoms in total. The lowest BCUT2D eigenvalue weighted by molar-refractivity contribution is 0.0691. The van der Waals surface area contributed by atoms with Gasteiger partial charge in [-0.05, 0) is 38.6 Å². The van der Waals surface area contributed by atoms with Crippen molar-refractivity contribution in [3.63, 3.8) is 0 Å². The second kappa shape index (κ2) is 4.53. The van der Waals surface area contributed by atoms with Gasteiger partial charge in [0.25, 0.3) is 0 Å². The standard InChI is InChI=1S/C15H20N2O2/c1-9-13-7-11(17(9)2)8-14(13)19-12-5-3-4-10(6-12)15(16)18/h3-6,9,11,13-14H,7-8H2,1-2H3,(H2,16,18)/t9-,11-,13?,14+/m1/s1. The van der Waals surface area contributed by atoms with Gasteiger partial charge in [-0.25, -0.2) is 0 Å². The molecule has 0 spiro atoms. The summed E-state index contributed by atoms with van der Waals surface area (Å²) in [5.41, 5.74) is 5.80. The monoisotopic (exact) mass is 260 g/mol. The van der Waals surface area contributed by atoms with Gasteiger partial charge in [0, 0.05) is 30.0 Å². The van der Waals surface area contributed by atoms with Crippen LogP contribution in [0.5, 0.6) is 5.75 Å². The van der Waals surface area contributed by atoms with Crippen LogP contribution in [0.25, 0.3) is 0 Å². The summed E-state index contributed by atoms with van der Waals surface area (Å²) in [6.07, 6.45) is 2.56. The second-order valence-electron chi connectivity index (χ2n) is 5.74. The number of carbonyl (C=O) groups excluding carboxylic acids is 1. The van der Waals surface area contributed by atoms with Crippen LogP contribution in [0.4, 0.5) is 0 Å². The Morgan fingerprint density at radius 2 is 2.21 bits per heavy atom. The number of likely N-dealkylation sites (tertiary alicyclic amines) is 1. The molecule has 4 heteroatoms. The SMILES string of the molecule is C[C@@H]1C2C[C@H](C[C@@H]2Oc2cccc(C(N)=O)c2)N1C. The van der Waals surface area contributed by atoms with Crippen LogP contribution in [-0.4, -0.2) is 36.0 Å². The number of carbonyl (C=O) groups is 1. The van der Waals surface area contributed by atoms with Crippen molar-refractivity contribution in [1.29, 1.82) is 0 Å². The summed E-state index contributed by atoms with van der Waals surface area (Å²) in [5, 5.41) is 0. The molecule has 2 bridgehead atoms. The minimum Gasteiger partial charge on any atom is -0.490 e. The summed E-state index contributed by atoms with van der Waals surface area (Å²) in [7, 11) is 2.19. The first kappa shape index (κ1) is 12.5. The maximum atomic E-state index is 11.2. The number of ether oxygens (including phenoxy) is 1. The van der Waals surface area contributed by atoms with E-state index in [1.54, 1.807) is 12.1 Å². The first-order valence-electron chi connectivity index (χ1n) is 6.84. The molecule has 4 atom stereocenters. The minimum atomic E-state index is -0.411. The average molecular weight is 260 g/mol. The zero-order valence-corrected chi connectivity index (χ0v) is 11.4. The van der Waals surface area contributed by atoms with Crippen LogP contribution < -0.4 is 10.5 Å². The predicted molar refractivity (Wildman–Crippen MR) is 73.1 cm³/mol. The highest BCUT2D eigenvalue weighted by molar-refractivity contribution is 5.93. The maximum absolute atomic E-state index is 11.2. The van der Waals surface area contributed by atoms with Gasteiger partial charge < -0.3 is 15.4 Å². The van der Waals surface area contributed by atoms with Gasteiger partial charge in [0.05, 0.1) is 0 Å². The fraction of sp³-hybridized carbons (Fsp3) is 0.533. The Hall–Kier alpha value is -1.55. The molecule has 1 unspecified atom stereocenters. The van der Waals surface area contributed by atoms with Gasteiger partial charge in [-0.1, -0.05) is 6.07 Å². The van der Waals surface area contributed by atoms with Crippen molar-refractivity contribution in [1.82, 2.24) is 4.90 Å². The van der Waals surface area contributed by atoms with Crippen molar-refractivity contribution in [2.75, 3.05) is 7.05 Å². The van der Waals surface area contributed by atoms with E-state index in [1.807, 2.05) is 12.1 Å². The molecule has 1 aromatic carbocycles. The van der Waals surface area contributed by atoms with E-state index in [1.165, 1.54) is 6.42 Å². The number of piperidine rings is 1. The molecule has 1 saturated carbocycles. The minimum absolute atomic E-state index is 0.263. The first-order chi connectivity index (χ1) is 9.06. The predicted octanol–water partition coefficient (Wildman–Crippen LogP) is 1.65. The number of amides is 1. The highest BCUT2D eigenvalue weighted by atomic mass is 16.5. The summed E-state index contributed by atoms with van der Waals surface area (Å²) in [6, 6.07) is 8.38. The number of hydrogen-bond donors (Lipinski definition) is 1. The Labute approximate surface area is 113 Å². The second-order valence-corrected chi connectivity index (χ2v) is 5.74. The van der Waals surface area contributed by atoms with Crippen molar-refractivity contribution >= 4 is 5.91 Å². The van der Waals surface area contributed by atoms with Crippen molar-refractivity contribution in [3.8, 4) is 5.75 Å². The van der Waals surface area contributed by atoms with Gasteiger partial charge in [-0.15, -0.1) is 0 Å². The fourth-order valence-electron chi connectivity index (χ4n) is 3.51. The van der Waals surface area contributed by atoms with E-state index in [9.17, 15) is 4.79 Å². The maximum Gasteiger partial charge on any atom is 0.248 e. The number of hydrogen-bond acceptors (Lipinski definition) is 3. The third kappa shape index (κ3) is 2.10. The van der Waals surface area contributed by atoms with Gasteiger partial charge in [-0.2, -0.15) is 0 Å². The van der Waals surface area contributed by atoms with Gasteiger partial charge in [0.2, 0.25) is 5.91 Å². The third-order valence-corrected chi connectivity index (χ3v) is 4.77. The molecule has 102 valence electrons. The molecule has 2 fully saturated rings. The molecule has 19 heavy (non-hydrogen) atoms. The number of fused-ring (bicyclic) bond motifs is 2. The van der Waals surface area contributed by atoms with Gasteiger partial charge in [0.15, 0.2) is 0 Å². The number of nitrogens with two attached hydrogens (primary N) is 1. The lowest BCUT2D eigenvalue weighted by Crippen LogP contribution is -2.43. The topological polar surface area (TPSA) is 55.6 Å². The Balaban J connectivity index is 1.73. The molecule has 0 radical (unpaired) electrons. The zero-order chi connectivity index (χ0) is 13.6. The van der Waals surface area contributed by atoms with E-state index in [4.69, 9.17) is 10.5 Å². The molecule has 1 aromatic rings. The molecule has 2 aliphatic rings. The largest absolute Gasteiger partial charge is 0.490 e. The normalized spacial score (nSPS) is 33.6. The van der Waals surface area contributed by atoms with Crippen LogP contribution in [-0.2, 0) is 0 Å². The fourth-order valence-corrected chi connectivity index (χ4v) is 3.51. The average Bonchev–Trinajstić information content (AvgIpc) is 2.91. The van der Waals surface area contributed by atoms with E-state index in [2.05, 4.69) is 18.9 Å². The van der Waals surface area contributed by atoms with E-state index in [0.29, 0.717) is 23.6 Å². The van der Waals surface area contributed by atoms with Crippen LogP contribution in [0.15, 0.2) is 24.3 Å². The zero-order valence-electron chi connectivity index (χ0n) is 11.4. The Morgan fingerprint density at radius 1 is 1.42 bits per heavy atom. The lowest BCUT2D eigenvalue weighted by atomic mass is 9.97. The van der Waals surface area contributed by atoms with E-state index in [0.717, 1.165) is 12.2 Å². The molecule has 3 rings (SSSR count). The number of benzene rings is 1. The molecule has 2 N–H and O–H groups in total. The van der Waals surface area contributed by atoms with Crippen molar-refractivity contribution in [2.45, 2.75) is 38.0 Å². The highest BCUT2D eigenvalue weighted by Crippen LogP contribution is 2.43. The summed E-state index contributed by atoms with van der Waals surface area (Å²) in [5.74, 6) is 0.933. The summed E-state index contributed by atoms with van der Waals surface area (Å²) >= 11 is 0. The molecule has 1 heterocycles. The molecular formula is C15H20N2O2. The molecule has 1 amide bonds. The smallest absolute Gasteiger partial charge is 0.248 e. The summed E-state index contributed by atoms with van der Waals surface area (Å²) in [4.78, 5) is 13.6. The van der Waals surface area contributed by atoms with Crippen LogP contribution >= 0.6 is 0 Å². The molecule has 0 aromatic heterocycles. The van der Waals surface area contributed by atoms with E-state index in [-0.39, 0.29) is 6.10 Å². The molecular weight excluding hydrogens is 240 g/mol. The van der Waals surface area contributed by atoms with Crippen LogP contribution in [0.3, 0.4) is 0 Å². The Kier molecular flexibility index (Phi) is 2.97. The van der Waals surface area contributed by atoms with Crippen LogP contribution in [0, 0.1) is 5.92 Å². The van der Waals surface area contributed by atoms with Crippen molar-refractivity contribution in [3.05, 3.63) is 29.8 Å². The highest BCUT2D eigenvalue weighted by Gasteiger charge is 2.48.